The van der Waals surface area contributed by atoms with Gasteiger partial charge < -0.3 is 11.1 Å². The normalized spacial score (nSPS) is 25.4. The summed E-state index contributed by atoms with van der Waals surface area (Å²) in [6, 6.07) is 10.6. The molecule has 88 valence electrons. The molecule has 0 bridgehead atoms. The van der Waals surface area contributed by atoms with E-state index in [2.05, 4.69) is 42.6 Å². The summed E-state index contributed by atoms with van der Waals surface area (Å²) >= 11 is 0. The highest BCUT2D eigenvalue weighted by Crippen LogP contribution is 2.36. The van der Waals surface area contributed by atoms with Gasteiger partial charge in [-0.15, -0.1) is 0 Å². The first-order valence-corrected chi connectivity index (χ1v) is 6.27. The van der Waals surface area contributed by atoms with Gasteiger partial charge in [0, 0.05) is 19.0 Å². The Morgan fingerprint density at radius 1 is 1.38 bits per heavy atom. The van der Waals surface area contributed by atoms with Crippen molar-refractivity contribution in [2.45, 2.75) is 19.3 Å². The molecular weight excluding hydrogens is 196 g/mol. The molecule has 3 unspecified atom stereocenters. The standard InChI is InChI=1S/C14H22N2/c1-11-7-13(11)9-16-10-14(8-15)12-5-3-2-4-6-12/h2-6,11,13-14,16H,7-10,15H2,1H3. The monoisotopic (exact) mass is 218 g/mol. The lowest BCUT2D eigenvalue weighted by Crippen LogP contribution is -2.28. The molecule has 3 N–H and O–H groups in total. The molecule has 1 aliphatic rings. The molecule has 2 heteroatoms. The molecule has 1 aromatic rings. The van der Waals surface area contributed by atoms with Crippen LogP contribution >= 0.6 is 0 Å². The van der Waals surface area contributed by atoms with Gasteiger partial charge in [-0.25, -0.2) is 0 Å². The third-order valence-corrected chi connectivity index (χ3v) is 3.63. The summed E-state index contributed by atoms with van der Waals surface area (Å²) in [6.45, 7) is 5.20. The predicted molar refractivity (Wildman–Crippen MR) is 68.4 cm³/mol. The molecule has 1 aromatic carbocycles. The number of nitrogens with one attached hydrogen (secondary N) is 1. The summed E-state index contributed by atoms with van der Waals surface area (Å²) in [5.74, 6) is 2.30. The number of rotatable bonds is 6. The Morgan fingerprint density at radius 2 is 2.06 bits per heavy atom. The van der Waals surface area contributed by atoms with Crippen LogP contribution in [0.3, 0.4) is 0 Å². The van der Waals surface area contributed by atoms with E-state index in [-0.39, 0.29) is 0 Å². The molecule has 0 spiro atoms. The van der Waals surface area contributed by atoms with Gasteiger partial charge >= 0.3 is 0 Å². The summed E-state index contributed by atoms with van der Waals surface area (Å²) in [6.07, 6.45) is 1.39. The Hall–Kier alpha value is -0.860. The zero-order chi connectivity index (χ0) is 11.4. The lowest BCUT2D eigenvalue weighted by Gasteiger charge is -2.16. The minimum atomic E-state index is 0.454. The second-order valence-corrected chi connectivity index (χ2v) is 4.97. The molecule has 0 aromatic heterocycles. The maximum atomic E-state index is 5.82. The molecule has 1 saturated carbocycles. The van der Waals surface area contributed by atoms with Crippen LogP contribution in [0.1, 0.15) is 24.8 Å². The first kappa shape index (κ1) is 11.6. The zero-order valence-corrected chi connectivity index (χ0v) is 10.0. The van der Waals surface area contributed by atoms with E-state index in [0.717, 1.165) is 31.5 Å². The van der Waals surface area contributed by atoms with Crippen LogP contribution in [0.5, 0.6) is 0 Å². The topological polar surface area (TPSA) is 38.0 Å². The Bertz CT molecular complexity index is 310. The van der Waals surface area contributed by atoms with Crippen molar-refractivity contribution < 1.29 is 0 Å². The Balaban J connectivity index is 1.77. The van der Waals surface area contributed by atoms with Crippen LogP contribution in [0.4, 0.5) is 0 Å². The van der Waals surface area contributed by atoms with E-state index < -0.39 is 0 Å². The average Bonchev–Trinajstić information content (AvgIpc) is 3.02. The molecule has 0 amide bonds. The summed E-state index contributed by atoms with van der Waals surface area (Å²) < 4.78 is 0. The maximum Gasteiger partial charge on any atom is 0.00863 e. The summed E-state index contributed by atoms with van der Waals surface area (Å²) in [7, 11) is 0. The molecule has 2 rings (SSSR count). The number of hydrogen-bond donors (Lipinski definition) is 2. The smallest absolute Gasteiger partial charge is 0.00863 e. The molecule has 0 aliphatic heterocycles. The molecule has 0 heterocycles. The van der Waals surface area contributed by atoms with Gasteiger partial charge in [0.25, 0.3) is 0 Å². The zero-order valence-electron chi connectivity index (χ0n) is 10.0. The van der Waals surface area contributed by atoms with Crippen molar-refractivity contribution >= 4 is 0 Å². The van der Waals surface area contributed by atoms with Gasteiger partial charge in [-0.1, -0.05) is 37.3 Å². The van der Waals surface area contributed by atoms with Gasteiger partial charge in [-0.2, -0.15) is 0 Å². The summed E-state index contributed by atoms with van der Waals surface area (Å²) in [5.41, 5.74) is 7.17. The van der Waals surface area contributed by atoms with Crippen LogP contribution in [0, 0.1) is 11.8 Å². The fraction of sp³-hybridized carbons (Fsp3) is 0.571. The van der Waals surface area contributed by atoms with Crippen molar-refractivity contribution in [2.24, 2.45) is 17.6 Å². The highest BCUT2D eigenvalue weighted by molar-refractivity contribution is 5.20. The quantitative estimate of drug-likeness (QED) is 0.766. The van der Waals surface area contributed by atoms with Crippen LogP contribution < -0.4 is 11.1 Å². The lowest BCUT2D eigenvalue weighted by atomic mass is 9.99. The fourth-order valence-electron chi connectivity index (χ4n) is 2.19. The minimum Gasteiger partial charge on any atom is -0.330 e. The third kappa shape index (κ3) is 3.06. The van der Waals surface area contributed by atoms with E-state index in [1.54, 1.807) is 0 Å². The van der Waals surface area contributed by atoms with Gasteiger partial charge in [-0.05, 0) is 30.4 Å². The van der Waals surface area contributed by atoms with Crippen LogP contribution in [-0.4, -0.2) is 19.6 Å². The van der Waals surface area contributed by atoms with Crippen LogP contribution in [0.15, 0.2) is 30.3 Å². The van der Waals surface area contributed by atoms with E-state index in [1.807, 2.05) is 0 Å². The van der Waals surface area contributed by atoms with Gasteiger partial charge in [0.1, 0.15) is 0 Å². The minimum absolute atomic E-state index is 0.454. The number of benzene rings is 1. The van der Waals surface area contributed by atoms with E-state index in [4.69, 9.17) is 5.73 Å². The molecule has 3 atom stereocenters. The largest absolute Gasteiger partial charge is 0.330 e. The SMILES string of the molecule is CC1CC1CNCC(CN)c1ccccc1. The summed E-state index contributed by atoms with van der Waals surface area (Å²) in [5, 5.41) is 3.55. The molecule has 2 nitrogen and oxygen atoms in total. The molecule has 0 saturated heterocycles. The second-order valence-electron chi connectivity index (χ2n) is 4.97. The summed E-state index contributed by atoms with van der Waals surface area (Å²) in [4.78, 5) is 0. The van der Waals surface area contributed by atoms with Gasteiger partial charge in [0.15, 0.2) is 0 Å². The van der Waals surface area contributed by atoms with Crippen molar-refractivity contribution in [3.8, 4) is 0 Å². The van der Waals surface area contributed by atoms with Crippen molar-refractivity contribution in [1.82, 2.24) is 5.32 Å². The number of nitrogens with two attached hydrogens (primary N) is 1. The Kier molecular flexibility index (Phi) is 3.97. The first-order valence-electron chi connectivity index (χ1n) is 6.27. The van der Waals surface area contributed by atoms with Gasteiger partial charge in [0.2, 0.25) is 0 Å². The van der Waals surface area contributed by atoms with Crippen molar-refractivity contribution in [1.29, 1.82) is 0 Å². The molecule has 0 radical (unpaired) electrons. The first-order chi connectivity index (χ1) is 7.81. The van der Waals surface area contributed by atoms with Crippen molar-refractivity contribution in [3.63, 3.8) is 0 Å². The van der Waals surface area contributed by atoms with E-state index >= 15 is 0 Å². The fourth-order valence-corrected chi connectivity index (χ4v) is 2.19. The molecular formula is C14H22N2. The van der Waals surface area contributed by atoms with Gasteiger partial charge in [0.05, 0.1) is 0 Å². The predicted octanol–water partition coefficient (Wildman–Crippen LogP) is 1.97. The molecule has 16 heavy (non-hydrogen) atoms. The second kappa shape index (κ2) is 5.46. The average molecular weight is 218 g/mol. The number of hydrogen-bond acceptors (Lipinski definition) is 2. The van der Waals surface area contributed by atoms with Crippen LogP contribution in [-0.2, 0) is 0 Å². The van der Waals surface area contributed by atoms with Crippen LogP contribution in [0.25, 0.3) is 0 Å². The molecule has 1 fully saturated rings. The van der Waals surface area contributed by atoms with Crippen molar-refractivity contribution in [2.75, 3.05) is 19.6 Å². The van der Waals surface area contributed by atoms with E-state index in [9.17, 15) is 0 Å². The highest BCUT2D eigenvalue weighted by atomic mass is 14.9. The van der Waals surface area contributed by atoms with E-state index in [1.165, 1.54) is 12.0 Å². The lowest BCUT2D eigenvalue weighted by molar-refractivity contribution is 0.555. The van der Waals surface area contributed by atoms with Crippen LogP contribution in [0.2, 0.25) is 0 Å². The highest BCUT2D eigenvalue weighted by Gasteiger charge is 2.31. The van der Waals surface area contributed by atoms with E-state index in [0.29, 0.717) is 5.92 Å². The van der Waals surface area contributed by atoms with Crippen molar-refractivity contribution in [3.05, 3.63) is 35.9 Å². The Labute approximate surface area is 98.2 Å². The van der Waals surface area contributed by atoms with Gasteiger partial charge in [-0.3, -0.25) is 0 Å². The molecule has 1 aliphatic carbocycles. The Morgan fingerprint density at radius 3 is 2.62 bits per heavy atom. The third-order valence-electron chi connectivity index (χ3n) is 3.63. The maximum absolute atomic E-state index is 5.82.